The molecule has 0 amide bonds. The second kappa shape index (κ2) is 12.5. The summed E-state index contributed by atoms with van der Waals surface area (Å²) in [4.78, 5) is 48.6. The lowest BCUT2D eigenvalue weighted by Crippen LogP contribution is -2.44. The van der Waals surface area contributed by atoms with E-state index in [0.717, 1.165) is 9.13 Å². The van der Waals surface area contributed by atoms with Crippen LogP contribution < -0.4 is 11.2 Å². The molecule has 0 saturated carbocycles. The van der Waals surface area contributed by atoms with Gasteiger partial charge in [0.15, 0.2) is 17.4 Å². The Morgan fingerprint density at radius 3 is 2.07 bits per heavy atom. The van der Waals surface area contributed by atoms with Crippen LogP contribution in [0.15, 0.2) is 58.1 Å². The molecule has 0 unspecified atom stereocenters. The van der Waals surface area contributed by atoms with E-state index in [2.05, 4.69) is 9.97 Å². The lowest BCUT2D eigenvalue weighted by molar-refractivity contribution is -0.143. The number of carbonyl (C=O) groups is 1. The second-order valence-electron chi connectivity index (χ2n) is 9.85. The van der Waals surface area contributed by atoms with Gasteiger partial charge in [0.05, 0.1) is 24.6 Å². The van der Waals surface area contributed by atoms with Crippen molar-refractivity contribution in [1.82, 2.24) is 19.1 Å². The Kier molecular flexibility index (Phi) is 8.73. The van der Waals surface area contributed by atoms with Crippen LogP contribution in [0.1, 0.15) is 26.0 Å². The van der Waals surface area contributed by atoms with Gasteiger partial charge in [-0.25, -0.2) is 28.1 Å². The van der Waals surface area contributed by atoms with E-state index >= 15 is 0 Å². The van der Waals surface area contributed by atoms with E-state index in [0.29, 0.717) is 11.1 Å². The molecule has 2 aromatic carbocycles. The van der Waals surface area contributed by atoms with Crippen molar-refractivity contribution in [3.63, 3.8) is 0 Å². The lowest BCUT2D eigenvalue weighted by Gasteiger charge is -2.21. The summed E-state index contributed by atoms with van der Waals surface area (Å²) >= 11 is 0. The van der Waals surface area contributed by atoms with Gasteiger partial charge in [-0.15, -0.1) is 0 Å². The molecule has 3 heterocycles. The van der Waals surface area contributed by atoms with Gasteiger partial charge in [0.1, 0.15) is 29.9 Å². The molecular formula is C29H28F2N4O8. The summed E-state index contributed by atoms with van der Waals surface area (Å²) in [7, 11) is 0. The zero-order valence-electron chi connectivity index (χ0n) is 22.9. The Labute approximate surface area is 242 Å². The van der Waals surface area contributed by atoms with Gasteiger partial charge < -0.3 is 24.8 Å². The van der Waals surface area contributed by atoms with E-state index in [-0.39, 0.29) is 48.5 Å². The second-order valence-corrected chi connectivity index (χ2v) is 9.85. The highest BCUT2D eigenvalue weighted by molar-refractivity contribution is 5.84. The number of aromatic nitrogens is 4. The largest absolute Gasteiger partial charge is 0.466 e. The third-order valence-corrected chi connectivity index (χ3v) is 7.07. The predicted molar refractivity (Wildman–Crippen MR) is 148 cm³/mol. The molecule has 0 bridgehead atoms. The van der Waals surface area contributed by atoms with Crippen LogP contribution in [0.2, 0.25) is 0 Å². The van der Waals surface area contributed by atoms with Crippen molar-refractivity contribution in [1.29, 1.82) is 0 Å². The summed E-state index contributed by atoms with van der Waals surface area (Å²) in [5.41, 5.74) is -1.60. The SMILES string of the molecule is CCOC(=O)CCCn1c(=O)c2nc(-c3ccc(F)cc3)c(-c3ccc(F)cc3)nc2n([C@@H]2O[C@H](CO)[C@@H](O)[C@H]2O)c1=O. The quantitative estimate of drug-likeness (QED) is 0.241. The zero-order chi connectivity index (χ0) is 30.8. The van der Waals surface area contributed by atoms with Gasteiger partial charge in [0, 0.05) is 24.1 Å². The Hall–Kier alpha value is -4.37. The molecule has 1 aliphatic rings. The van der Waals surface area contributed by atoms with E-state index in [4.69, 9.17) is 9.47 Å². The van der Waals surface area contributed by atoms with Crippen LogP contribution in [-0.4, -0.2) is 71.9 Å². The Bertz CT molecular complexity index is 1760. The number of carbonyl (C=O) groups excluding carboxylic acids is 1. The fraction of sp³-hybridized carbons (Fsp3) is 0.345. The Morgan fingerprint density at radius 2 is 1.53 bits per heavy atom. The van der Waals surface area contributed by atoms with Crippen LogP contribution in [-0.2, 0) is 20.8 Å². The molecule has 1 fully saturated rings. The molecule has 0 radical (unpaired) electrons. The number of halogens is 2. The standard InChI is InChI=1S/C29H28F2N4O8/c1-2-42-20(37)4-3-13-34-27(40)23-26(35(29(34)41)28-25(39)24(38)19(14-36)43-28)33-22(16-7-11-18(31)12-8-16)21(32-23)15-5-9-17(30)10-6-15/h5-12,19,24-25,28,36,38-39H,2-4,13-14H2,1H3/t19-,24-,25-,28-/m1/s1. The number of esters is 1. The maximum atomic E-state index is 13.8. The molecule has 2 aromatic heterocycles. The first-order chi connectivity index (χ1) is 20.6. The lowest BCUT2D eigenvalue weighted by atomic mass is 10.0. The summed E-state index contributed by atoms with van der Waals surface area (Å²) in [5, 5.41) is 30.9. The molecule has 12 nitrogen and oxygen atoms in total. The molecule has 4 aromatic rings. The van der Waals surface area contributed by atoms with Crippen molar-refractivity contribution in [3.8, 4) is 22.5 Å². The van der Waals surface area contributed by atoms with Crippen LogP contribution in [0.4, 0.5) is 8.78 Å². The van der Waals surface area contributed by atoms with Crippen LogP contribution in [0.25, 0.3) is 33.7 Å². The van der Waals surface area contributed by atoms with Crippen molar-refractivity contribution in [2.24, 2.45) is 0 Å². The number of hydrogen-bond acceptors (Lipinski definition) is 10. The monoisotopic (exact) mass is 598 g/mol. The third kappa shape index (κ3) is 5.82. The van der Waals surface area contributed by atoms with E-state index < -0.39 is 60.0 Å². The molecule has 226 valence electrons. The molecule has 0 spiro atoms. The van der Waals surface area contributed by atoms with Crippen molar-refractivity contribution in [2.45, 2.75) is 50.8 Å². The maximum Gasteiger partial charge on any atom is 0.334 e. The average Bonchev–Trinajstić information content (AvgIpc) is 3.28. The summed E-state index contributed by atoms with van der Waals surface area (Å²) in [6.07, 6.45) is -6.19. The van der Waals surface area contributed by atoms with Crippen LogP contribution in [0, 0.1) is 11.6 Å². The van der Waals surface area contributed by atoms with Gasteiger partial charge in [0.25, 0.3) is 5.56 Å². The molecule has 3 N–H and O–H groups in total. The van der Waals surface area contributed by atoms with Crippen molar-refractivity contribution < 1.29 is 38.4 Å². The van der Waals surface area contributed by atoms with Gasteiger partial charge in [-0.2, -0.15) is 0 Å². The number of ether oxygens (including phenoxy) is 2. The van der Waals surface area contributed by atoms with Gasteiger partial charge in [-0.3, -0.25) is 14.2 Å². The molecule has 1 aliphatic heterocycles. The number of fused-ring (bicyclic) bond motifs is 1. The number of rotatable bonds is 9. The number of nitrogens with zero attached hydrogens (tertiary/aromatic N) is 4. The highest BCUT2D eigenvalue weighted by atomic mass is 19.1. The summed E-state index contributed by atoms with van der Waals surface area (Å²) in [6, 6.07) is 10.4. The third-order valence-electron chi connectivity index (χ3n) is 7.07. The fourth-order valence-electron chi connectivity index (χ4n) is 4.93. The highest BCUT2D eigenvalue weighted by Gasteiger charge is 2.45. The van der Waals surface area contributed by atoms with E-state index in [9.17, 15) is 38.5 Å². The molecule has 5 rings (SSSR count). The van der Waals surface area contributed by atoms with E-state index in [1.165, 1.54) is 48.5 Å². The first kappa shape index (κ1) is 30.1. The Balaban J connectivity index is 1.78. The average molecular weight is 599 g/mol. The predicted octanol–water partition coefficient (Wildman–Crippen LogP) is 1.52. The van der Waals surface area contributed by atoms with E-state index in [1.54, 1.807) is 6.92 Å². The van der Waals surface area contributed by atoms with Gasteiger partial charge in [0.2, 0.25) is 0 Å². The molecule has 4 atom stereocenters. The van der Waals surface area contributed by atoms with Crippen LogP contribution in [0.5, 0.6) is 0 Å². The topological polar surface area (TPSA) is 166 Å². The summed E-state index contributed by atoms with van der Waals surface area (Å²) in [5.74, 6) is -1.58. The maximum absolute atomic E-state index is 13.8. The van der Waals surface area contributed by atoms with Crippen molar-refractivity contribution in [3.05, 3.63) is 81.0 Å². The van der Waals surface area contributed by atoms with Gasteiger partial charge in [-0.05, 0) is 61.9 Å². The minimum absolute atomic E-state index is 0.0430. The van der Waals surface area contributed by atoms with Gasteiger partial charge in [-0.1, -0.05) is 0 Å². The number of hydrogen-bond donors (Lipinski definition) is 3. The minimum Gasteiger partial charge on any atom is -0.466 e. The highest BCUT2D eigenvalue weighted by Crippen LogP contribution is 2.33. The van der Waals surface area contributed by atoms with Crippen molar-refractivity contribution in [2.75, 3.05) is 13.2 Å². The molecular weight excluding hydrogens is 570 g/mol. The molecule has 0 aliphatic carbocycles. The fourth-order valence-corrected chi connectivity index (χ4v) is 4.93. The zero-order valence-corrected chi connectivity index (χ0v) is 22.9. The first-order valence-corrected chi connectivity index (χ1v) is 13.5. The van der Waals surface area contributed by atoms with Crippen molar-refractivity contribution >= 4 is 17.1 Å². The minimum atomic E-state index is -1.71. The normalized spacial score (nSPS) is 20.0. The summed E-state index contributed by atoms with van der Waals surface area (Å²) in [6.45, 7) is 0.879. The first-order valence-electron chi connectivity index (χ1n) is 13.5. The van der Waals surface area contributed by atoms with E-state index in [1.807, 2.05) is 0 Å². The van der Waals surface area contributed by atoms with Crippen LogP contribution in [0.3, 0.4) is 0 Å². The molecule has 1 saturated heterocycles. The smallest absolute Gasteiger partial charge is 0.334 e. The Morgan fingerprint density at radius 1 is 0.953 bits per heavy atom. The number of aliphatic hydroxyl groups is 3. The molecule has 14 heteroatoms. The van der Waals surface area contributed by atoms with Gasteiger partial charge >= 0.3 is 11.7 Å². The van der Waals surface area contributed by atoms with Crippen LogP contribution >= 0.6 is 0 Å². The molecule has 43 heavy (non-hydrogen) atoms. The number of benzene rings is 2. The number of aliphatic hydroxyl groups excluding tert-OH is 3. The summed E-state index contributed by atoms with van der Waals surface area (Å²) < 4.78 is 39.8.